The second-order valence-corrected chi connectivity index (χ2v) is 5.35. The summed E-state index contributed by atoms with van der Waals surface area (Å²) in [6.45, 7) is 2.62. The Morgan fingerprint density at radius 1 is 1.14 bits per heavy atom. The Morgan fingerprint density at radius 2 is 1.95 bits per heavy atom. The Bertz CT molecular complexity index is 800. The molecule has 1 aromatic carbocycles. The van der Waals surface area contributed by atoms with Crippen LogP contribution in [0, 0.1) is 0 Å². The average Bonchev–Trinajstić information content (AvgIpc) is 2.80. The topological polar surface area (TPSA) is 87.2 Å². The highest BCUT2D eigenvalue weighted by Crippen LogP contribution is 2.03. The van der Waals surface area contributed by atoms with Crippen molar-refractivity contribution >= 4 is 16.8 Å². The average molecular weight is 302 g/mol. The summed E-state index contributed by atoms with van der Waals surface area (Å²) in [5, 5.41) is 3.62. The number of amides is 1. The van der Waals surface area contributed by atoms with Crippen molar-refractivity contribution in [3.8, 4) is 0 Å². The van der Waals surface area contributed by atoms with Crippen LogP contribution in [0.1, 0.15) is 6.42 Å². The van der Waals surface area contributed by atoms with Crippen molar-refractivity contribution in [2.75, 3.05) is 26.2 Å². The van der Waals surface area contributed by atoms with E-state index in [1.807, 2.05) is 0 Å². The molecule has 1 aliphatic heterocycles. The van der Waals surface area contributed by atoms with E-state index < -0.39 is 11.2 Å². The highest BCUT2D eigenvalue weighted by atomic mass is 16.2. The van der Waals surface area contributed by atoms with Gasteiger partial charge in [-0.25, -0.2) is 4.79 Å². The molecule has 0 aliphatic carbocycles. The highest BCUT2D eigenvalue weighted by molar-refractivity contribution is 5.79. The van der Waals surface area contributed by atoms with Gasteiger partial charge >= 0.3 is 5.69 Å². The fourth-order valence-electron chi connectivity index (χ4n) is 2.67. The summed E-state index contributed by atoms with van der Waals surface area (Å²) in [5.74, 6) is -0.202. The van der Waals surface area contributed by atoms with Gasteiger partial charge in [-0.15, -0.1) is 0 Å². The number of fused-ring (bicyclic) bond motifs is 1. The zero-order valence-electron chi connectivity index (χ0n) is 12.2. The largest absolute Gasteiger partial charge is 0.340 e. The number of nitrogens with one attached hydrogen (secondary N) is 2. The van der Waals surface area contributed by atoms with Crippen LogP contribution in [0.15, 0.2) is 33.9 Å². The normalized spacial score (nSPS) is 15.7. The molecule has 1 fully saturated rings. The van der Waals surface area contributed by atoms with Crippen molar-refractivity contribution in [1.29, 1.82) is 0 Å². The van der Waals surface area contributed by atoms with Crippen LogP contribution in [0.3, 0.4) is 0 Å². The molecule has 7 nitrogen and oxygen atoms in total. The molecule has 1 aliphatic rings. The molecule has 0 saturated carbocycles. The number of para-hydroxylation sites is 1. The summed E-state index contributed by atoms with van der Waals surface area (Å²) >= 11 is 0. The molecule has 0 bridgehead atoms. The minimum Gasteiger partial charge on any atom is -0.340 e. The number of carbonyl (C=O) groups excluding carboxylic acids is 1. The van der Waals surface area contributed by atoms with Gasteiger partial charge in [0.15, 0.2) is 0 Å². The molecular weight excluding hydrogens is 284 g/mol. The van der Waals surface area contributed by atoms with E-state index >= 15 is 0 Å². The monoisotopic (exact) mass is 302 g/mol. The second-order valence-electron chi connectivity index (χ2n) is 5.35. The van der Waals surface area contributed by atoms with Gasteiger partial charge in [-0.3, -0.25) is 14.2 Å². The lowest BCUT2D eigenvalue weighted by Gasteiger charge is -2.20. The summed E-state index contributed by atoms with van der Waals surface area (Å²) in [6, 6.07) is 6.79. The van der Waals surface area contributed by atoms with Crippen molar-refractivity contribution in [2.24, 2.45) is 0 Å². The quantitative estimate of drug-likeness (QED) is 0.784. The standard InChI is InChI=1S/C15H18N4O3/c20-13(18-8-3-6-16-7-9-18)10-19-14(21)11-4-1-2-5-12(11)17-15(19)22/h1-2,4-5,16H,3,6-10H2,(H,17,22). The lowest BCUT2D eigenvalue weighted by molar-refractivity contribution is -0.131. The lowest BCUT2D eigenvalue weighted by Crippen LogP contribution is -2.43. The third kappa shape index (κ3) is 2.80. The fourth-order valence-corrected chi connectivity index (χ4v) is 2.67. The SMILES string of the molecule is O=C(Cn1c(=O)[nH]c2ccccc2c1=O)N1CCCNCC1. The van der Waals surface area contributed by atoms with E-state index in [1.54, 1.807) is 29.2 Å². The first-order valence-corrected chi connectivity index (χ1v) is 7.37. The summed E-state index contributed by atoms with van der Waals surface area (Å²) in [4.78, 5) is 41.1. The molecule has 2 aromatic rings. The van der Waals surface area contributed by atoms with Gasteiger partial charge in [-0.1, -0.05) is 12.1 Å². The molecule has 1 aromatic heterocycles. The Labute approximate surface area is 126 Å². The second kappa shape index (κ2) is 6.15. The van der Waals surface area contributed by atoms with Crippen LogP contribution in [0.25, 0.3) is 10.9 Å². The molecule has 0 radical (unpaired) electrons. The van der Waals surface area contributed by atoms with E-state index in [-0.39, 0.29) is 12.5 Å². The van der Waals surface area contributed by atoms with Crippen LogP contribution in [-0.4, -0.2) is 46.5 Å². The molecular formula is C15H18N4O3. The van der Waals surface area contributed by atoms with Gasteiger partial charge < -0.3 is 15.2 Å². The third-order valence-electron chi connectivity index (χ3n) is 3.88. The Hall–Kier alpha value is -2.41. The highest BCUT2D eigenvalue weighted by Gasteiger charge is 2.18. The van der Waals surface area contributed by atoms with Crippen LogP contribution < -0.4 is 16.6 Å². The number of hydrogen-bond donors (Lipinski definition) is 2. The predicted octanol–water partition coefficient (Wildman–Crippen LogP) is -0.488. The number of aromatic amines is 1. The minimum atomic E-state index is -0.551. The Balaban J connectivity index is 1.91. The number of H-pyrrole nitrogens is 1. The first kappa shape index (κ1) is 14.5. The van der Waals surface area contributed by atoms with Crippen molar-refractivity contribution in [3.63, 3.8) is 0 Å². The van der Waals surface area contributed by atoms with Gasteiger partial charge in [0.25, 0.3) is 5.56 Å². The first-order valence-electron chi connectivity index (χ1n) is 7.37. The number of carbonyl (C=O) groups is 1. The molecule has 0 unspecified atom stereocenters. The third-order valence-corrected chi connectivity index (χ3v) is 3.88. The zero-order chi connectivity index (χ0) is 15.5. The predicted molar refractivity (Wildman–Crippen MR) is 82.9 cm³/mol. The van der Waals surface area contributed by atoms with Gasteiger partial charge in [-0.05, 0) is 25.1 Å². The van der Waals surface area contributed by atoms with E-state index in [1.165, 1.54) is 0 Å². The molecule has 2 heterocycles. The first-order chi connectivity index (χ1) is 10.7. The maximum atomic E-state index is 12.4. The maximum Gasteiger partial charge on any atom is 0.329 e. The zero-order valence-corrected chi connectivity index (χ0v) is 12.2. The van der Waals surface area contributed by atoms with Crippen LogP contribution in [0.4, 0.5) is 0 Å². The summed E-state index contributed by atoms with van der Waals surface area (Å²) in [7, 11) is 0. The van der Waals surface area contributed by atoms with Gasteiger partial charge in [0.1, 0.15) is 6.54 Å². The van der Waals surface area contributed by atoms with Crippen LogP contribution in [0.2, 0.25) is 0 Å². The summed E-state index contributed by atoms with van der Waals surface area (Å²) in [6.07, 6.45) is 0.870. The van der Waals surface area contributed by atoms with Crippen molar-refractivity contribution < 1.29 is 4.79 Å². The molecule has 0 spiro atoms. The number of aromatic nitrogens is 2. The number of hydrogen-bond acceptors (Lipinski definition) is 4. The van der Waals surface area contributed by atoms with Gasteiger partial charge in [0.2, 0.25) is 5.91 Å². The summed E-state index contributed by atoms with van der Waals surface area (Å²) in [5.41, 5.74) is -0.495. The lowest BCUT2D eigenvalue weighted by atomic mass is 10.2. The molecule has 22 heavy (non-hydrogen) atoms. The van der Waals surface area contributed by atoms with E-state index in [4.69, 9.17) is 0 Å². The molecule has 1 amide bonds. The van der Waals surface area contributed by atoms with Crippen LogP contribution in [-0.2, 0) is 11.3 Å². The minimum absolute atomic E-state index is 0.202. The summed E-state index contributed by atoms with van der Waals surface area (Å²) < 4.78 is 0.975. The number of nitrogens with zero attached hydrogens (tertiary/aromatic N) is 2. The van der Waals surface area contributed by atoms with Crippen LogP contribution >= 0.6 is 0 Å². The molecule has 3 rings (SSSR count). The van der Waals surface area contributed by atoms with Crippen molar-refractivity contribution in [3.05, 3.63) is 45.1 Å². The van der Waals surface area contributed by atoms with E-state index in [0.717, 1.165) is 24.1 Å². The van der Waals surface area contributed by atoms with Gasteiger partial charge in [0, 0.05) is 19.6 Å². The van der Waals surface area contributed by atoms with Crippen molar-refractivity contribution in [2.45, 2.75) is 13.0 Å². The molecule has 116 valence electrons. The number of benzene rings is 1. The van der Waals surface area contributed by atoms with Gasteiger partial charge in [-0.2, -0.15) is 0 Å². The smallest absolute Gasteiger partial charge is 0.329 e. The van der Waals surface area contributed by atoms with E-state index in [0.29, 0.717) is 24.0 Å². The van der Waals surface area contributed by atoms with Crippen LogP contribution in [0.5, 0.6) is 0 Å². The molecule has 7 heteroatoms. The van der Waals surface area contributed by atoms with Gasteiger partial charge in [0.05, 0.1) is 10.9 Å². The molecule has 1 saturated heterocycles. The van der Waals surface area contributed by atoms with E-state index in [9.17, 15) is 14.4 Å². The fraction of sp³-hybridized carbons (Fsp3) is 0.400. The molecule has 2 N–H and O–H groups in total. The Kier molecular flexibility index (Phi) is 4.06. The van der Waals surface area contributed by atoms with E-state index in [2.05, 4.69) is 10.3 Å². The number of rotatable bonds is 2. The van der Waals surface area contributed by atoms with Crippen molar-refractivity contribution in [1.82, 2.24) is 19.8 Å². The molecule has 0 atom stereocenters. The Morgan fingerprint density at radius 3 is 2.82 bits per heavy atom. The maximum absolute atomic E-state index is 12.4.